The van der Waals surface area contributed by atoms with E-state index in [4.69, 9.17) is 4.74 Å². The highest BCUT2D eigenvalue weighted by molar-refractivity contribution is 5.41. The molecule has 2 heterocycles. The van der Waals surface area contributed by atoms with Gasteiger partial charge in [0.25, 0.3) is 0 Å². The molecule has 0 amide bonds. The van der Waals surface area contributed by atoms with Gasteiger partial charge in [0, 0.05) is 35.5 Å². The molecule has 1 aromatic rings. The summed E-state index contributed by atoms with van der Waals surface area (Å²) in [6.07, 6.45) is 6.84. The Morgan fingerprint density at radius 3 is 2.88 bits per heavy atom. The molecule has 0 saturated carbocycles. The first-order valence-electron chi connectivity index (χ1n) is 6.45. The maximum absolute atomic E-state index is 5.45. The van der Waals surface area contributed by atoms with Crippen molar-refractivity contribution < 1.29 is 4.74 Å². The van der Waals surface area contributed by atoms with Gasteiger partial charge >= 0.3 is 0 Å². The van der Waals surface area contributed by atoms with Crippen LogP contribution >= 0.6 is 0 Å². The quantitative estimate of drug-likeness (QED) is 0.872. The van der Waals surface area contributed by atoms with Crippen LogP contribution in [-0.2, 0) is 6.42 Å². The Balaban J connectivity index is 2.15. The van der Waals surface area contributed by atoms with Crippen LogP contribution in [0.2, 0.25) is 0 Å². The van der Waals surface area contributed by atoms with E-state index in [2.05, 4.69) is 17.2 Å². The van der Waals surface area contributed by atoms with Crippen molar-refractivity contribution in [2.75, 3.05) is 13.7 Å². The molecule has 0 bridgehead atoms. The minimum absolute atomic E-state index is 0.586. The van der Waals surface area contributed by atoms with E-state index < -0.39 is 0 Å². The summed E-state index contributed by atoms with van der Waals surface area (Å²) in [7, 11) is 1.73. The van der Waals surface area contributed by atoms with Crippen LogP contribution in [0.3, 0.4) is 0 Å². The van der Waals surface area contributed by atoms with Crippen LogP contribution in [-0.4, -0.2) is 24.7 Å². The lowest BCUT2D eigenvalue weighted by molar-refractivity contribution is 0.390. The highest BCUT2D eigenvalue weighted by Gasteiger charge is 2.16. The second-order valence-electron chi connectivity index (χ2n) is 4.90. The first kappa shape index (κ1) is 12.4. The molecule has 0 aliphatic carbocycles. The van der Waals surface area contributed by atoms with Gasteiger partial charge in [-0.1, -0.05) is 6.42 Å². The number of rotatable bonds is 3. The number of piperidine rings is 1. The van der Waals surface area contributed by atoms with Crippen molar-refractivity contribution in [3.05, 3.63) is 23.0 Å². The van der Waals surface area contributed by atoms with Gasteiger partial charge in [-0.25, -0.2) is 0 Å². The van der Waals surface area contributed by atoms with Crippen molar-refractivity contribution in [3.63, 3.8) is 0 Å². The largest absolute Gasteiger partial charge is 0.496 e. The zero-order valence-corrected chi connectivity index (χ0v) is 11.0. The molecule has 2 rings (SSSR count). The van der Waals surface area contributed by atoms with E-state index in [1.165, 1.54) is 30.5 Å². The standard InChI is InChI=1S/C14H22N2O/c1-10-9-16-13(11(2)14(10)17-3)8-12-6-4-5-7-15-12/h9,12,15H,4-8H2,1-3H3. The Hall–Kier alpha value is -1.09. The maximum atomic E-state index is 5.45. The Morgan fingerprint density at radius 2 is 2.24 bits per heavy atom. The number of hydrogen-bond donors (Lipinski definition) is 1. The number of pyridine rings is 1. The van der Waals surface area contributed by atoms with Crippen molar-refractivity contribution in [2.24, 2.45) is 0 Å². The molecule has 0 aromatic carbocycles. The van der Waals surface area contributed by atoms with E-state index in [1.807, 2.05) is 13.1 Å². The summed E-state index contributed by atoms with van der Waals surface area (Å²) in [5.41, 5.74) is 3.48. The highest BCUT2D eigenvalue weighted by Crippen LogP contribution is 2.25. The average Bonchev–Trinajstić information content (AvgIpc) is 2.35. The summed E-state index contributed by atoms with van der Waals surface area (Å²) < 4.78 is 5.45. The molecule has 0 radical (unpaired) electrons. The molecule has 1 aliphatic rings. The minimum atomic E-state index is 0.586. The Labute approximate surface area is 104 Å². The third kappa shape index (κ3) is 2.78. The molecule has 17 heavy (non-hydrogen) atoms. The number of nitrogens with zero attached hydrogens (tertiary/aromatic N) is 1. The van der Waals surface area contributed by atoms with E-state index in [-0.39, 0.29) is 0 Å². The van der Waals surface area contributed by atoms with Gasteiger partial charge in [0.05, 0.1) is 7.11 Å². The predicted octanol–water partition coefficient (Wildman–Crippen LogP) is 2.39. The van der Waals surface area contributed by atoms with Gasteiger partial charge in [-0.3, -0.25) is 4.98 Å². The molecule has 3 nitrogen and oxygen atoms in total. The third-order valence-corrected chi connectivity index (χ3v) is 3.60. The fourth-order valence-corrected chi connectivity index (χ4v) is 2.61. The number of nitrogens with one attached hydrogen (secondary N) is 1. The van der Waals surface area contributed by atoms with Crippen LogP contribution in [0.15, 0.2) is 6.20 Å². The molecule has 0 spiro atoms. The van der Waals surface area contributed by atoms with Gasteiger partial charge in [0.2, 0.25) is 0 Å². The maximum Gasteiger partial charge on any atom is 0.128 e. The zero-order valence-electron chi connectivity index (χ0n) is 11.0. The van der Waals surface area contributed by atoms with Crippen LogP contribution in [0.1, 0.15) is 36.1 Å². The summed E-state index contributed by atoms with van der Waals surface area (Å²) in [4.78, 5) is 4.56. The SMILES string of the molecule is COc1c(C)cnc(CC2CCCCN2)c1C. The molecular weight excluding hydrogens is 212 g/mol. The van der Waals surface area contributed by atoms with Gasteiger partial charge in [-0.05, 0) is 33.2 Å². The van der Waals surface area contributed by atoms with Gasteiger partial charge < -0.3 is 10.1 Å². The number of hydrogen-bond acceptors (Lipinski definition) is 3. The van der Waals surface area contributed by atoms with Crippen LogP contribution in [0.25, 0.3) is 0 Å². The zero-order chi connectivity index (χ0) is 12.3. The normalized spacial score (nSPS) is 20.3. The minimum Gasteiger partial charge on any atom is -0.496 e. The monoisotopic (exact) mass is 234 g/mol. The fraction of sp³-hybridized carbons (Fsp3) is 0.643. The van der Waals surface area contributed by atoms with Crippen LogP contribution in [0.5, 0.6) is 5.75 Å². The lowest BCUT2D eigenvalue weighted by Gasteiger charge is -2.24. The molecule has 1 aliphatic heterocycles. The van der Waals surface area contributed by atoms with E-state index in [9.17, 15) is 0 Å². The molecular formula is C14H22N2O. The number of ether oxygens (including phenoxy) is 1. The van der Waals surface area contributed by atoms with E-state index in [0.717, 1.165) is 24.3 Å². The molecule has 1 unspecified atom stereocenters. The highest BCUT2D eigenvalue weighted by atomic mass is 16.5. The Bertz CT molecular complexity index is 384. The lowest BCUT2D eigenvalue weighted by Crippen LogP contribution is -2.36. The summed E-state index contributed by atoms with van der Waals surface area (Å²) in [5, 5.41) is 3.57. The van der Waals surface area contributed by atoms with Crippen LogP contribution < -0.4 is 10.1 Å². The van der Waals surface area contributed by atoms with Gasteiger partial charge in [-0.15, -0.1) is 0 Å². The Kier molecular flexibility index (Phi) is 4.00. The van der Waals surface area contributed by atoms with E-state index in [1.54, 1.807) is 7.11 Å². The van der Waals surface area contributed by atoms with Crippen molar-refractivity contribution in [1.82, 2.24) is 10.3 Å². The topological polar surface area (TPSA) is 34.1 Å². The first-order chi connectivity index (χ1) is 8.22. The second kappa shape index (κ2) is 5.50. The van der Waals surface area contributed by atoms with Crippen molar-refractivity contribution in [3.8, 4) is 5.75 Å². The Morgan fingerprint density at radius 1 is 1.41 bits per heavy atom. The van der Waals surface area contributed by atoms with Gasteiger partial charge in [0.1, 0.15) is 5.75 Å². The van der Waals surface area contributed by atoms with Crippen molar-refractivity contribution in [1.29, 1.82) is 0 Å². The van der Waals surface area contributed by atoms with Gasteiger partial charge in [-0.2, -0.15) is 0 Å². The second-order valence-corrected chi connectivity index (χ2v) is 4.90. The molecule has 1 atom stereocenters. The summed E-state index contributed by atoms with van der Waals surface area (Å²) in [6.45, 7) is 5.30. The summed E-state index contributed by atoms with van der Waals surface area (Å²) in [5.74, 6) is 0.991. The van der Waals surface area contributed by atoms with Gasteiger partial charge in [0.15, 0.2) is 0 Å². The van der Waals surface area contributed by atoms with Crippen LogP contribution in [0.4, 0.5) is 0 Å². The number of methoxy groups -OCH3 is 1. The average molecular weight is 234 g/mol. The molecule has 94 valence electrons. The lowest BCUT2D eigenvalue weighted by atomic mass is 9.98. The van der Waals surface area contributed by atoms with Crippen molar-refractivity contribution >= 4 is 0 Å². The predicted molar refractivity (Wildman–Crippen MR) is 69.6 cm³/mol. The smallest absolute Gasteiger partial charge is 0.128 e. The van der Waals surface area contributed by atoms with E-state index >= 15 is 0 Å². The fourth-order valence-electron chi connectivity index (χ4n) is 2.61. The van der Waals surface area contributed by atoms with Crippen molar-refractivity contribution in [2.45, 2.75) is 45.6 Å². The number of aromatic nitrogens is 1. The molecule has 3 heteroatoms. The van der Waals surface area contributed by atoms with E-state index in [0.29, 0.717) is 6.04 Å². The molecule has 1 saturated heterocycles. The first-order valence-corrected chi connectivity index (χ1v) is 6.45. The molecule has 1 aromatic heterocycles. The third-order valence-electron chi connectivity index (χ3n) is 3.60. The molecule has 1 fully saturated rings. The summed E-state index contributed by atoms with van der Waals surface area (Å²) in [6, 6.07) is 0.586. The molecule has 1 N–H and O–H groups in total. The van der Waals surface area contributed by atoms with Crippen LogP contribution in [0, 0.1) is 13.8 Å². The number of aryl methyl sites for hydroxylation is 1. The summed E-state index contributed by atoms with van der Waals surface area (Å²) >= 11 is 0.